The number of amides is 2. The fourth-order valence-corrected chi connectivity index (χ4v) is 2.82. The number of nitrogens with zero attached hydrogens (tertiary/aromatic N) is 3. The molecule has 1 atom stereocenters. The van der Waals surface area contributed by atoms with Crippen LogP contribution in [0.3, 0.4) is 0 Å². The van der Waals surface area contributed by atoms with Crippen LogP contribution in [0.2, 0.25) is 0 Å². The highest BCUT2D eigenvalue weighted by Crippen LogP contribution is 2.25. The Kier molecular flexibility index (Phi) is 3.79. The highest BCUT2D eigenvalue weighted by molar-refractivity contribution is 5.95. The molecule has 19 heavy (non-hydrogen) atoms. The normalized spacial score (nSPS) is 23.5. The van der Waals surface area contributed by atoms with Gasteiger partial charge < -0.3 is 9.80 Å². The monoisotopic (exact) mass is 263 g/mol. The number of carbonyl (C=O) groups excluding carboxylic acids is 2. The molecule has 0 aromatic rings. The van der Waals surface area contributed by atoms with E-state index >= 15 is 0 Å². The Morgan fingerprint density at radius 2 is 2.16 bits per heavy atom. The van der Waals surface area contributed by atoms with Crippen molar-refractivity contribution in [1.29, 1.82) is 5.26 Å². The number of hydrogen-bond acceptors (Lipinski definition) is 3. The smallest absolute Gasteiger partial charge is 0.245 e. The van der Waals surface area contributed by atoms with Crippen LogP contribution in [0.5, 0.6) is 0 Å². The van der Waals surface area contributed by atoms with Crippen LogP contribution in [0.4, 0.5) is 0 Å². The zero-order valence-corrected chi connectivity index (χ0v) is 11.7. The quantitative estimate of drug-likeness (QED) is 0.764. The van der Waals surface area contributed by atoms with Gasteiger partial charge in [-0.3, -0.25) is 9.59 Å². The van der Waals surface area contributed by atoms with E-state index in [1.807, 2.05) is 13.8 Å². The third kappa shape index (κ3) is 2.89. The average molecular weight is 263 g/mol. The zero-order valence-electron chi connectivity index (χ0n) is 11.7. The molecule has 0 spiro atoms. The molecule has 2 rings (SSSR count). The van der Waals surface area contributed by atoms with Crippen LogP contribution in [0.25, 0.3) is 0 Å². The summed E-state index contributed by atoms with van der Waals surface area (Å²) in [6.07, 6.45) is 3.24. The summed E-state index contributed by atoms with van der Waals surface area (Å²) in [5.74, 6) is 0.161. The van der Waals surface area contributed by atoms with E-state index in [1.54, 1.807) is 9.80 Å². The topological polar surface area (TPSA) is 64.4 Å². The van der Waals surface area contributed by atoms with Gasteiger partial charge in [-0.1, -0.05) is 0 Å². The molecule has 2 heterocycles. The highest BCUT2D eigenvalue weighted by Gasteiger charge is 2.41. The molecule has 2 amide bonds. The van der Waals surface area contributed by atoms with Crippen molar-refractivity contribution in [1.82, 2.24) is 9.80 Å². The standard InChI is InChI=1S/C14H21N3O2/c1-14(2,10-15)6-4-7-16-9-12(18)17-8-3-5-11(17)13(16)19/h11H,3-9H2,1-2H3. The first-order valence-electron chi connectivity index (χ1n) is 6.94. The number of rotatable bonds is 4. The molecule has 0 saturated carbocycles. The minimum absolute atomic E-state index is 0.0710. The van der Waals surface area contributed by atoms with Crippen molar-refractivity contribution in [3.8, 4) is 6.07 Å². The molecule has 0 radical (unpaired) electrons. The summed E-state index contributed by atoms with van der Waals surface area (Å²) in [5, 5.41) is 8.96. The second-order valence-electron chi connectivity index (χ2n) is 6.10. The lowest BCUT2D eigenvalue weighted by Gasteiger charge is -2.36. The molecule has 0 aromatic heterocycles. The van der Waals surface area contributed by atoms with Gasteiger partial charge in [0, 0.05) is 13.1 Å². The van der Waals surface area contributed by atoms with Crippen molar-refractivity contribution in [3.05, 3.63) is 0 Å². The van der Waals surface area contributed by atoms with E-state index in [4.69, 9.17) is 5.26 Å². The molecule has 2 fully saturated rings. The Balaban J connectivity index is 1.89. The number of hydrogen-bond donors (Lipinski definition) is 0. The molecule has 2 aliphatic heterocycles. The van der Waals surface area contributed by atoms with E-state index in [1.165, 1.54) is 0 Å². The zero-order chi connectivity index (χ0) is 14.0. The Bertz CT molecular complexity index is 425. The minimum atomic E-state index is -0.359. The van der Waals surface area contributed by atoms with Crippen molar-refractivity contribution in [3.63, 3.8) is 0 Å². The maximum Gasteiger partial charge on any atom is 0.245 e. The van der Waals surface area contributed by atoms with Crippen molar-refractivity contribution >= 4 is 11.8 Å². The summed E-state index contributed by atoms with van der Waals surface area (Å²) in [4.78, 5) is 27.6. The van der Waals surface area contributed by atoms with Gasteiger partial charge in [-0.25, -0.2) is 0 Å². The molecular weight excluding hydrogens is 242 g/mol. The van der Waals surface area contributed by atoms with Gasteiger partial charge >= 0.3 is 0 Å². The van der Waals surface area contributed by atoms with Gasteiger partial charge in [-0.05, 0) is 39.5 Å². The maximum absolute atomic E-state index is 12.2. The third-order valence-corrected chi connectivity index (χ3v) is 4.03. The van der Waals surface area contributed by atoms with Crippen LogP contribution in [0, 0.1) is 16.7 Å². The third-order valence-electron chi connectivity index (χ3n) is 4.03. The van der Waals surface area contributed by atoms with Crippen LogP contribution in [-0.2, 0) is 9.59 Å². The van der Waals surface area contributed by atoms with Crippen molar-refractivity contribution < 1.29 is 9.59 Å². The van der Waals surface area contributed by atoms with Crippen LogP contribution in [-0.4, -0.2) is 47.3 Å². The summed E-state index contributed by atoms with van der Waals surface area (Å²) in [6, 6.07) is 2.04. The first kappa shape index (κ1) is 13.9. The summed E-state index contributed by atoms with van der Waals surface area (Å²) >= 11 is 0. The van der Waals surface area contributed by atoms with E-state index in [0.717, 1.165) is 32.2 Å². The maximum atomic E-state index is 12.2. The lowest BCUT2D eigenvalue weighted by Crippen LogP contribution is -2.57. The number of carbonyl (C=O) groups is 2. The molecule has 0 N–H and O–H groups in total. The summed E-state index contributed by atoms with van der Waals surface area (Å²) in [6.45, 7) is 5.32. The molecule has 1 unspecified atom stereocenters. The van der Waals surface area contributed by atoms with E-state index in [-0.39, 0.29) is 29.8 Å². The molecule has 2 aliphatic rings. The van der Waals surface area contributed by atoms with E-state index in [0.29, 0.717) is 6.54 Å². The van der Waals surface area contributed by atoms with Gasteiger partial charge in [0.05, 0.1) is 18.0 Å². The lowest BCUT2D eigenvalue weighted by atomic mass is 9.89. The van der Waals surface area contributed by atoms with Crippen LogP contribution in [0.1, 0.15) is 39.5 Å². The molecule has 0 bridgehead atoms. The average Bonchev–Trinajstić information content (AvgIpc) is 2.85. The van der Waals surface area contributed by atoms with Crippen LogP contribution in [0.15, 0.2) is 0 Å². The van der Waals surface area contributed by atoms with Crippen LogP contribution >= 0.6 is 0 Å². The summed E-state index contributed by atoms with van der Waals surface area (Å²) in [7, 11) is 0. The molecule has 104 valence electrons. The first-order valence-corrected chi connectivity index (χ1v) is 6.94. The highest BCUT2D eigenvalue weighted by atomic mass is 16.2. The molecule has 5 heteroatoms. The Morgan fingerprint density at radius 1 is 1.42 bits per heavy atom. The van der Waals surface area contributed by atoms with E-state index < -0.39 is 0 Å². The molecule has 0 aliphatic carbocycles. The van der Waals surface area contributed by atoms with Gasteiger partial charge in [0.2, 0.25) is 11.8 Å². The Hall–Kier alpha value is -1.57. The fraction of sp³-hybridized carbons (Fsp3) is 0.786. The van der Waals surface area contributed by atoms with Gasteiger partial charge in [-0.15, -0.1) is 0 Å². The SMILES string of the molecule is CC(C)(C#N)CCCN1CC(=O)N2CCCC2C1=O. The van der Waals surface area contributed by atoms with Crippen molar-refractivity contribution in [2.75, 3.05) is 19.6 Å². The summed E-state index contributed by atoms with van der Waals surface area (Å²) < 4.78 is 0. The minimum Gasteiger partial charge on any atom is -0.332 e. The molecular formula is C14H21N3O2. The predicted octanol–water partition coefficient (Wildman–Crippen LogP) is 1.15. The first-order chi connectivity index (χ1) is 8.94. The van der Waals surface area contributed by atoms with Crippen molar-refractivity contribution in [2.45, 2.75) is 45.6 Å². The molecule has 0 aromatic carbocycles. The van der Waals surface area contributed by atoms with E-state index in [9.17, 15) is 9.59 Å². The molecule has 5 nitrogen and oxygen atoms in total. The van der Waals surface area contributed by atoms with Gasteiger partial charge in [-0.2, -0.15) is 5.26 Å². The number of piperazine rings is 1. The summed E-state index contributed by atoms with van der Waals surface area (Å²) in [5.41, 5.74) is -0.359. The second kappa shape index (κ2) is 5.20. The predicted molar refractivity (Wildman–Crippen MR) is 69.9 cm³/mol. The van der Waals surface area contributed by atoms with Gasteiger partial charge in [0.15, 0.2) is 0 Å². The largest absolute Gasteiger partial charge is 0.332 e. The molecule has 2 saturated heterocycles. The Labute approximate surface area is 114 Å². The van der Waals surface area contributed by atoms with Gasteiger partial charge in [0.1, 0.15) is 6.04 Å². The van der Waals surface area contributed by atoms with Gasteiger partial charge in [0.25, 0.3) is 0 Å². The number of nitriles is 1. The van der Waals surface area contributed by atoms with E-state index in [2.05, 4.69) is 6.07 Å². The number of fused-ring (bicyclic) bond motifs is 1. The lowest BCUT2D eigenvalue weighted by molar-refractivity contribution is -0.153. The Morgan fingerprint density at radius 3 is 2.84 bits per heavy atom. The fourth-order valence-electron chi connectivity index (χ4n) is 2.82. The van der Waals surface area contributed by atoms with Crippen molar-refractivity contribution in [2.24, 2.45) is 5.41 Å². The second-order valence-corrected chi connectivity index (χ2v) is 6.10. The van der Waals surface area contributed by atoms with Crippen LogP contribution < -0.4 is 0 Å².